The summed E-state index contributed by atoms with van der Waals surface area (Å²) in [6.07, 6.45) is 4.74. The summed E-state index contributed by atoms with van der Waals surface area (Å²) in [7, 11) is 0. The number of aliphatic hydroxyl groups excluding tert-OH is 1. The highest BCUT2D eigenvalue weighted by molar-refractivity contribution is 6.46. The van der Waals surface area contributed by atoms with E-state index in [4.69, 9.17) is 4.42 Å². The number of pyridine rings is 1. The Morgan fingerprint density at radius 3 is 2.59 bits per heavy atom. The minimum absolute atomic E-state index is 0.0349. The lowest BCUT2D eigenvalue weighted by molar-refractivity contribution is -0.140. The third-order valence-electron chi connectivity index (χ3n) is 5.10. The molecule has 0 saturated carbocycles. The van der Waals surface area contributed by atoms with Crippen molar-refractivity contribution in [2.75, 3.05) is 0 Å². The number of aromatic nitrogens is 1. The second-order valence-corrected chi connectivity index (χ2v) is 7.12. The summed E-state index contributed by atoms with van der Waals surface area (Å²) < 4.78 is 5.55. The molecule has 3 aromatic rings. The molecule has 0 radical (unpaired) electrons. The molecule has 1 saturated heterocycles. The average Bonchev–Trinajstić information content (AvgIpc) is 3.33. The van der Waals surface area contributed by atoms with E-state index in [0.717, 1.165) is 16.7 Å². The maximum absolute atomic E-state index is 13.0. The zero-order chi connectivity index (χ0) is 20.5. The fourth-order valence-corrected chi connectivity index (χ4v) is 3.61. The monoisotopic (exact) mass is 388 g/mol. The number of rotatable bonds is 4. The van der Waals surface area contributed by atoms with E-state index in [2.05, 4.69) is 4.98 Å². The first-order valence-electron chi connectivity index (χ1n) is 9.25. The predicted molar refractivity (Wildman–Crippen MR) is 107 cm³/mol. The molecule has 29 heavy (non-hydrogen) atoms. The van der Waals surface area contributed by atoms with E-state index in [-0.39, 0.29) is 17.9 Å². The molecule has 1 amide bonds. The molecule has 3 heterocycles. The van der Waals surface area contributed by atoms with Gasteiger partial charge in [-0.3, -0.25) is 14.6 Å². The van der Waals surface area contributed by atoms with Gasteiger partial charge in [-0.2, -0.15) is 0 Å². The van der Waals surface area contributed by atoms with Gasteiger partial charge in [-0.1, -0.05) is 17.7 Å². The Bertz CT molecular complexity index is 1100. The van der Waals surface area contributed by atoms with Gasteiger partial charge < -0.3 is 14.4 Å². The van der Waals surface area contributed by atoms with E-state index >= 15 is 0 Å². The van der Waals surface area contributed by atoms with Gasteiger partial charge in [-0.05, 0) is 55.3 Å². The number of carbonyl (C=O) groups is 2. The lowest BCUT2D eigenvalue weighted by atomic mass is 9.96. The maximum Gasteiger partial charge on any atom is 0.296 e. The fourth-order valence-electron chi connectivity index (χ4n) is 3.61. The number of amides is 1. The molecule has 1 aliphatic rings. The Labute approximate surface area is 168 Å². The Morgan fingerprint density at radius 1 is 1.14 bits per heavy atom. The molecule has 0 bridgehead atoms. The molecule has 4 rings (SSSR count). The maximum atomic E-state index is 13.0. The van der Waals surface area contributed by atoms with Crippen LogP contribution in [0.3, 0.4) is 0 Å². The largest absolute Gasteiger partial charge is 0.507 e. The van der Waals surface area contributed by atoms with Gasteiger partial charge in [-0.25, -0.2) is 0 Å². The normalized spacial score (nSPS) is 18.4. The van der Waals surface area contributed by atoms with Crippen molar-refractivity contribution < 1.29 is 19.1 Å². The first kappa shape index (κ1) is 18.7. The molecule has 1 N–H and O–H groups in total. The van der Waals surface area contributed by atoms with E-state index in [1.807, 2.05) is 26.0 Å². The zero-order valence-electron chi connectivity index (χ0n) is 16.1. The van der Waals surface area contributed by atoms with Crippen molar-refractivity contribution in [2.24, 2.45) is 0 Å². The lowest BCUT2D eigenvalue weighted by Gasteiger charge is -2.23. The van der Waals surface area contributed by atoms with Crippen molar-refractivity contribution >= 4 is 17.4 Å². The van der Waals surface area contributed by atoms with Crippen LogP contribution in [0.15, 0.2) is 71.1 Å². The van der Waals surface area contributed by atoms with Crippen LogP contribution in [0.4, 0.5) is 0 Å². The molecule has 0 aliphatic carbocycles. The van der Waals surface area contributed by atoms with Crippen LogP contribution in [0, 0.1) is 13.8 Å². The number of aryl methyl sites for hydroxylation is 2. The van der Waals surface area contributed by atoms with Gasteiger partial charge in [0.1, 0.15) is 17.6 Å². The SMILES string of the molecule is Cc1ccc(C)c(/C(O)=C2/C(=O)C(=O)N(Cc3ccncc3)C2c2ccco2)c1. The fraction of sp³-hybridized carbons (Fsp3) is 0.174. The van der Waals surface area contributed by atoms with Crippen LogP contribution >= 0.6 is 0 Å². The van der Waals surface area contributed by atoms with Gasteiger partial charge in [0.2, 0.25) is 0 Å². The van der Waals surface area contributed by atoms with Gasteiger partial charge in [-0.15, -0.1) is 0 Å². The van der Waals surface area contributed by atoms with Crippen molar-refractivity contribution in [3.63, 3.8) is 0 Å². The first-order chi connectivity index (χ1) is 14.0. The molecular weight excluding hydrogens is 368 g/mol. The molecule has 1 unspecified atom stereocenters. The molecule has 1 aliphatic heterocycles. The summed E-state index contributed by atoms with van der Waals surface area (Å²) >= 11 is 0. The Hall–Kier alpha value is -3.67. The predicted octanol–water partition coefficient (Wildman–Crippen LogP) is 3.91. The second-order valence-electron chi connectivity index (χ2n) is 7.12. The number of carbonyl (C=O) groups excluding carboxylic acids is 2. The second kappa shape index (κ2) is 7.39. The minimum Gasteiger partial charge on any atom is -0.507 e. The standard InChI is InChI=1S/C23H20N2O4/c1-14-5-6-15(2)17(12-14)21(26)19-20(18-4-3-11-29-18)25(23(28)22(19)27)13-16-7-9-24-10-8-16/h3-12,20,26H,13H2,1-2H3/b21-19-. The van der Waals surface area contributed by atoms with E-state index in [9.17, 15) is 14.7 Å². The number of nitrogens with zero attached hydrogens (tertiary/aromatic N) is 2. The van der Waals surface area contributed by atoms with Gasteiger partial charge in [0.25, 0.3) is 11.7 Å². The molecule has 6 nitrogen and oxygen atoms in total. The molecule has 146 valence electrons. The Kier molecular flexibility index (Phi) is 4.76. The molecular formula is C23H20N2O4. The van der Waals surface area contributed by atoms with E-state index in [0.29, 0.717) is 11.3 Å². The zero-order valence-corrected chi connectivity index (χ0v) is 16.1. The highest BCUT2D eigenvalue weighted by Gasteiger charge is 2.47. The number of ketones is 1. The van der Waals surface area contributed by atoms with E-state index in [1.54, 1.807) is 42.7 Å². The summed E-state index contributed by atoms with van der Waals surface area (Å²) in [4.78, 5) is 31.3. The van der Waals surface area contributed by atoms with Crippen LogP contribution < -0.4 is 0 Å². The van der Waals surface area contributed by atoms with Gasteiger partial charge in [0.05, 0.1) is 11.8 Å². The molecule has 2 aromatic heterocycles. The number of furan rings is 1. The Balaban J connectivity index is 1.87. The third kappa shape index (κ3) is 3.33. The topological polar surface area (TPSA) is 83.6 Å². The van der Waals surface area contributed by atoms with Crippen molar-refractivity contribution in [3.05, 3.63) is 94.7 Å². The number of aliphatic hydroxyl groups is 1. The number of Topliss-reactive ketones (excluding diaryl/α,β-unsaturated/α-hetero) is 1. The average molecular weight is 388 g/mol. The smallest absolute Gasteiger partial charge is 0.296 e. The van der Waals surface area contributed by atoms with Crippen LogP contribution in [-0.2, 0) is 16.1 Å². The van der Waals surface area contributed by atoms with Gasteiger partial charge in [0.15, 0.2) is 0 Å². The third-order valence-corrected chi connectivity index (χ3v) is 5.10. The molecule has 0 spiro atoms. The van der Waals surface area contributed by atoms with Crippen LogP contribution in [-0.4, -0.2) is 26.7 Å². The van der Waals surface area contributed by atoms with Crippen molar-refractivity contribution in [1.29, 1.82) is 0 Å². The van der Waals surface area contributed by atoms with Gasteiger partial charge in [0, 0.05) is 24.5 Å². The van der Waals surface area contributed by atoms with Crippen molar-refractivity contribution in [1.82, 2.24) is 9.88 Å². The lowest BCUT2D eigenvalue weighted by Crippen LogP contribution is -2.29. The number of hydrogen-bond donors (Lipinski definition) is 1. The van der Waals surface area contributed by atoms with Crippen LogP contribution in [0.5, 0.6) is 0 Å². The van der Waals surface area contributed by atoms with E-state index < -0.39 is 17.7 Å². The van der Waals surface area contributed by atoms with Crippen LogP contribution in [0.2, 0.25) is 0 Å². The summed E-state index contributed by atoms with van der Waals surface area (Å²) in [5, 5.41) is 11.1. The summed E-state index contributed by atoms with van der Waals surface area (Å²) in [5.74, 6) is -1.16. The number of likely N-dealkylation sites (tertiary alicyclic amines) is 1. The van der Waals surface area contributed by atoms with Crippen molar-refractivity contribution in [2.45, 2.75) is 26.4 Å². The summed E-state index contributed by atoms with van der Waals surface area (Å²) in [5.41, 5.74) is 3.14. The highest BCUT2D eigenvalue weighted by atomic mass is 16.3. The quantitative estimate of drug-likeness (QED) is 0.416. The van der Waals surface area contributed by atoms with Crippen LogP contribution in [0.1, 0.15) is 34.1 Å². The van der Waals surface area contributed by atoms with Gasteiger partial charge >= 0.3 is 0 Å². The highest BCUT2D eigenvalue weighted by Crippen LogP contribution is 2.40. The summed E-state index contributed by atoms with van der Waals surface area (Å²) in [6, 6.07) is 11.8. The van der Waals surface area contributed by atoms with E-state index in [1.165, 1.54) is 11.2 Å². The summed E-state index contributed by atoms with van der Waals surface area (Å²) in [6.45, 7) is 3.95. The van der Waals surface area contributed by atoms with Crippen molar-refractivity contribution in [3.8, 4) is 0 Å². The Morgan fingerprint density at radius 2 is 1.90 bits per heavy atom. The molecule has 1 atom stereocenters. The molecule has 6 heteroatoms. The molecule has 1 aromatic carbocycles. The minimum atomic E-state index is -0.807. The number of benzene rings is 1. The first-order valence-corrected chi connectivity index (χ1v) is 9.25. The molecule has 1 fully saturated rings. The van der Waals surface area contributed by atoms with Crippen LogP contribution in [0.25, 0.3) is 5.76 Å². The number of hydrogen-bond acceptors (Lipinski definition) is 5.